The van der Waals surface area contributed by atoms with Crippen LogP contribution in [0.1, 0.15) is 30.3 Å². The first-order valence-corrected chi connectivity index (χ1v) is 11.1. The average molecular weight is 432 g/mol. The fourth-order valence-electron chi connectivity index (χ4n) is 3.18. The highest BCUT2D eigenvalue weighted by Crippen LogP contribution is 2.30. The number of sulfonamides is 1. The summed E-state index contributed by atoms with van der Waals surface area (Å²) in [5.41, 5.74) is 0.855. The van der Waals surface area contributed by atoms with E-state index in [9.17, 15) is 17.6 Å². The number of halogens is 1. The topological polar surface area (TPSA) is 88.8 Å². The van der Waals surface area contributed by atoms with Crippen LogP contribution in [0.25, 0.3) is 11.0 Å². The van der Waals surface area contributed by atoms with Gasteiger partial charge < -0.3 is 14.1 Å². The molecule has 1 N–H and O–H groups in total. The largest absolute Gasteiger partial charge is 0.492 e. The molecule has 1 amide bonds. The Balaban J connectivity index is 1.60. The molecule has 0 spiro atoms. The molecule has 158 valence electrons. The molecule has 7 nitrogen and oxygen atoms in total. The summed E-state index contributed by atoms with van der Waals surface area (Å²) in [5.74, 6) is -1.66. The number of carbonyl (C=O) groups excluding carboxylic acids is 1. The molecule has 0 aliphatic carbocycles. The third kappa shape index (κ3) is 3.85. The van der Waals surface area contributed by atoms with E-state index in [1.807, 2.05) is 16.5 Å². The number of fused-ring (bicyclic) bond motifs is 1. The predicted molar refractivity (Wildman–Crippen MR) is 110 cm³/mol. The lowest BCUT2D eigenvalue weighted by atomic mass is 10.1. The quantitative estimate of drug-likeness (QED) is 0.613. The predicted octanol–water partition coefficient (Wildman–Crippen LogP) is 3.69. The second-order valence-corrected chi connectivity index (χ2v) is 8.67. The van der Waals surface area contributed by atoms with Gasteiger partial charge in [-0.1, -0.05) is 19.1 Å². The van der Waals surface area contributed by atoms with Crippen molar-refractivity contribution in [1.29, 1.82) is 0 Å². The number of furan rings is 1. The fraction of sp³-hybridized carbons (Fsp3) is 0.286. The number of carbonyl (C=O) groups is 1. The van der Waals surface area contributed by atoms with Gasteiger partial charge in [0, 0.05) is 30.9 Å². The summed E-state index contributed by atoms with van der Waals surface area (Å²) in [4.78, 5) is 14.4. The molecular weight excluding hydrogens is 411 g/mol. The number of ether oxygens (including phenoxy) is 1. The van der Waals surface area contributed by atoms with E-state index in [0.29, 0.717) is 18.7 Å². The van der Waals surface area contributed by atoms with Crippen molar-refractivity contribution in [3.63, 3.8) is 0 Å². The van der Waals surface area contributed by atoms with Crippen LogP contribution in [0, 0.1) is 5.82 Å². The van der Waals surface area contributed by atoms with Gasteiger partial charge in [-0.2, -0.15) is 0 Å². The minimum absolute atomic E-state index is 0.119. The molecule has 30 heavy (non-hydrogen) atoms. The molecule has 2 heterocycles. The zero-order valence-corrected chi connectivity index (χ0v) is 17.2. The van der Waals surface area contributed by atoms with E-state index in [2.05, 4.69) is 0 Å². The van der Waals surface area contributed by atoms with Crippen molar-refractivity contribution in [2.45, 2.75) is 24.7 Å². The average Bonchev–Trinajstić information content (AvgIpc) is 3.10. The number of nitrogens with zero attached hydrogens (tertiary/aromatic N) is 1. The normalized spacial score (nSPS) is 13.9. The Morgan fingerprint density at radius 3 is 2.70 bits per heavy atom. The van der Waals surface area contributed by atoms with Gasteiger partial charge in [0.1, 0.15) is 22.0 Å². The molecule has 2 aromatic carbocycles. The van der Waals surface area contributed by atoms with Crippen LogP contribution in [0.3, 0.4) is 0 Å². The number of amides is 1. The molecule has 0 saturated carbocycles. The standard InChI is InChI=1S/C21H21FN2O5S/c1-2-10-28-17-6-3-4-7-20(17)30(26,27)23-21(25)19-13-15-16(22)11-14(12-18(15)29-19)24-8-5-9-24/h3-4,6-7,11-13H,2,5,8-10H2,1H3,(H,23,25). The molecule has 1 aliphatic heterocycles. The van der Waals surface area contributed by atoms with E-state index < -0.39 is 21.7 Å². The second-order valence-electron chi connectivity index (χ2n) is 7.02. The van der Waals surface area contributed by atoms with Gasteiger partial charge in [0.25, 0.3) is 10.0 Å². The molecule has 0 atom stereocenters. The van der Waals surface area contributed by atoms with Crippen molar-refractivity contribution < 1.29 is 26.8 Å². The van der Waals surface area contributed by atoms with Gasteiger partial charge in [-0.05, 0) is 31.0 Å². The second kappa shape index (κ2) is 7.98. The summed E-state index contributed by atoms with van der Waals surface area (Å²) < 4.78 is 52.9. The molecule has 1 saturated heterocycles. The van der Waals surface area contributed by atoms with Gasteiger partial charge in [0.2, 0.25) is 0 Å². The Morgan fingerprint density at radius 2 is 2.00 bits per heavy atom. The summed E-state index contributed by atoms with van der Waals surface area (Å²) in [5, 5.41) is 0.119. The lowest BCUT2D eigenvalue weighted by Gasteiger charge is -2.33. The van der Waals surface area contributed by atoms with Crippen LogP contribution >= 0.6 is 0 Å². The molecule has 1 aromatic heterocycles. The molecular formula is C21H21FN2O5S. The summed E-state index contributed by atoms with van der Waals surface area (Å²) in [6, 6.07) is 10.3. The minimum Gasteiger partial charge on any atom is -0.492 e. The Morgan fingerprint density at radius 1 is 1.23 bits per heavy atom. The molecule has 9 heteroatoms. The minimum atomic E-state index is -4.22. The SMILES string of the molecule is CCCOc1ccccc1S(=O)(=O)NC(=O)c1cc2c(F)cc(N3CCC3)cc2o1. The number of nitrogens with one attached hydrogen (secondary N) is 1. The highest BCUT2D eigenvalue weighted by Gasteiger charge is 2.25. The third-order valence-electron chi connectivity index (χ3n) is 4.84. The highest BCUT2D eigenvalue weighted by molar-refractivity contribution is 7.90. The summed E-state index contributed by atoms with van der Waals surface area (Å²) in [6.07, 6.45) is 1.73. The van der Waals surface area contributed by atoms with Crippen molar-refractivity contribution in [3.05, 3.63) is 54.0 Å². The monoisotopic (exact) mass is 432 g/mol. The molecule has 1 fully saturated rings. The van der Waals surface area contributed by atoms with Crippen LogP contribution in [0.5, 0.6) is 5.75 Å². The van der Waals surface area contributed by atoms with E-state index in [0.717, 1.165) is 19.5 Å². The van der Waals surface area contributed by atoms with Gasteiger partial charge in [-0.25, -0.2) is 17.5 Å². The maximum Gasteiger partial charge on any atom is 0.300 e. The van der Waals surface area contributed by atoms with E-state index in [1.54, 1.807) is 12.1 Å². The molecule has 4 rings (SSSR count). The maximum absolute atomic E-state index is 14.5. The van der Waals surface area contributed by atoms with Crippen LogP contribution in [0.2, 0.25) is 0 Å². The van der Waals surface area contributed by atoms with E-state index >= 15 is 0 Å². The number of hydrogen-bond acceptors (Lipinski definition) is 6. The molecule has 0 unspecified atom stereocenters. The fourth-order valence-corrected chi connectivity index (χ4v) is 4.29. The summed E-state index contributed by atoms with van der Waals surface area (Å²) in [6.45, 7) is 3.89. The van der Waals surface area contributed by atoms with Crippen molar-refractivity contribution in [1.82, 2.24) is 4.72 Å². The zero-order chi connectivity index (χ0) is 21.3. The first kappa shape index (κ1) is 20.2. The van der Waals surface area contributed by atoms with Crippen molar-refractivity contribution in [3.8, 4) is 5.75 Å². The highest BCUT2D eigenvalue weighted by atomic mass is 32.2. The number of hydrogen-bond donors (Lipinski definition) is 1. The maximum atomic E-state index is 14.5. The summed E-state index contributed by atoms with van der Waals surface area (Å²) >= 11 is 0. The lowest BCUT2D eigenvalue weighted by molar-refractivity contribution is 0.0956. The lowest BCUT2D eigenvalue weighted by Crippen LogP contribution is -2.36. The number of anilines is 1. The molecule has 3 aromatic rings. The van der Waals surface area contributed by atoms with Crippen LogP contribution in [0.4, 0.5) is 10.1 Å². The molecule has 0 radical (unpaired) electrons. The Hall–Kier alpha value is -3.07. The number of rotatable bonds is 7. The van der Waals surface area contributed by atoms with Gasteiger partial charge in [0.15, 0.2) is 5.76 Å². The molecule has 0 bridgehead atoms. The van der Waals surface area contributed by atoms with Gasteiger partial charge >= 0.3 is 5.91 Å². The number of para-hydroxylation sites is 1. The number of benzene rings is 2. The smallest absolute Gasteiger partial charge is 0.300 e. The van der Waals surface area contributed by atoms with Crippen LogP contribution < -0.4 is 14.4 Å². The van der Waals surface area contributed by atoms with Crippen molar-refractivity contribution in [2.24, 2.45) is 0 Å². The van der Waals surface area contributed by atoms with Gasteiger partial charge in [0.05, 0.1) is 12.0 Å². The molecule has 1 aliphatic rings. The van der Waals surface area contributed by atoms with E-state index in [-0.39, 0.29) is 27.4 Å². The van der Waals surface area contributed by atoms with Crippen molar-refractivity contribution >= 4 is 32.6 Å². The van der Waals surface area contributed by atoms with E-state index in [1.165, 1.54) is 30.3 Å². The Labute approximate surface area is 173 Å². The van der Waals surface area contributed by atoms with Crippen LogP contribution in [-0.2, 0) is 10.0 Å². The van der Waals surface area contributed by atoms with Crippen molar-refractivity contribution in [2.75, 3.05) is 24.6 Å². The first-order chi connectivity index (χ1) is 14.4. The van der Waals surface area contributed by atoms with Gasteiger partial charge in [-0.15, -0.1) is 0 Å². The Bertz CT molecular complexity index is 1200. The zero-order valence-electron chi connectivity index (χ0n) is 16.4. The van der Waals surface area contributed by atoms with Crippen LogP contribution in [-0.4, -0.2) is 34.0 Å². The Kier molecular flexibility index (Phi) is 5.38. The van der Waals surface area contributed by atoms with E-state index in [4.69, 9.17) is 9.15 Å². The first-order valence-electron chi connectivity index (χ1n) is 9.66. The van der Waals surface area contributed by atoms with Gasteiger partial charge in [-0.3, -0.25) is 4.79 Å². The van der Waals surface area contributed by atoms with Crippen LogP contribution in [0.15, 0.2) is 51.8 Å². The third-order valence-corrected chi connectivity index (χ3v) is 6.21. The summed E-state index contributed by atoms with van der Waals surface area (Å²) in [7, 11) is -4.22.